The van der Waals surface area contributed by atoms with E-state index in [4.69, 9.17) is 9.47 Å². The minimum Gasteiger partial charge on any atom is -0.496 e. The van der Waals surface area contributed by atoms with Crippen molar-refractivity contribution in [1.29, 1.82) is 0 Å². The predicted octanol–water partition coefficient (Wildman–Crippen LogP) is 4.39. The molecule has 3 rings (SSSR count). The average Bonchev–Trinajstić information content (AvgIpc) is 3.17. The number of hydrogen-bond donors (Lipinski definition) is 1. The summed E-state index contributed by atoms with van der Waals surface area (Å²) in [4.78, 5) is 16.8. The molecule has 0 atom stereocenters. The van der Waals surface area contributed by atoms with E-state index in [2.05, 4.69) is 10.3 Å². The highest BCUT2D eigenvalue weighted by atomic mass is 32.1. The van der Waals surface area contributed by atoms with Crippen molar-refractivity contribution in [2.75, 3.05) is 19.5 Å². The quantitative estimate of drug-likeness (QED) is 0.738. The summed E-state index contributed by atoms with van der Waals surface area (Å²) in [7, 11) is 3.14. The van der Waals surface area contributed by atoms with Gasteiger partial charge in [0, 0.05) is 34.0 Å². The SMILES string of the molecule is COc1cc(C(=O)Nc2ccc(-c3nccs3)cc2)cc(OC)c1C. The molecule has 0 radical (unpaired) electrons. The van der Waals surface area contributed by atoms with Crippen LogP contribution in [-0.2, 0) is 0 Å². The fourth-order valence-corrected chi connectivity index (χ4v) is 3.13. The van der Waals surface area contributed by atoms with Crippen LogP contribution in [-0.4, -0.2) is 25.1 Å². The van der Waals surface area contributed by atoms with Crippen LogP contribution >= 0.6 is 11.3 Å². The highest BCUT2D eigenvalue weighted by molar-refractivity contribution is 7.13. The van der Waals surface area contributed by atoms with Gasteiger partial charge < -0.3 is 14.8 Å². The van der Waals surface area contributed by atoms with Gasteiger partial charge in [0.15, 0.2) is 0 Å². The number of nitrogens with zero attached hydrogens (tertiary/aromatic N) is 1. The van der Waals surface area contributed by atoms with Crippen molar-refractivity contribution in [3.8, 4) is 22.1 Å². The van der Waals surface area contributed by atoms with E-state index in [0.717, 1.165) is 16.1 Å². The average molecular weight is 354 g/mol. The molecule has 0 aliphatic carbocycles. The van der Waals surface area contributed by atoms with Gasteiger partial charge in [-0.25, -0.2) is 4.98 Å². The Bertz CT molecular complexity index is 849. The number of anilines is 1. The number of carbonyl (C=O) groups excluding carboxylic acids is 1. The van der Waals surface area contributed by atoms with Gasteiger partial charge in [0.1, 0.15) is 16.5 Å². The standard InChI is InChI=1S/C19H18N2O3S/c1-12-16(23-2)10-14(11-17(12)24-3)18(22)21-15-6-4-13(5-7-15)19-20-8-9-25-19/h4-11H,1-3H3,(H,21,22). The maximum atomic E-state index is 12.5. The lowest BCUT2D eigenvalue weighted by Gasteiger charge is -2.13. The van der Waals surface area contributed by atoms with Crippen LogP contribution in [0.3, 0.4) is 0 Å². The van der Waals surface area contributed by atoms with Crippen LogP contribution in [0.15, 0.2) is 48.0 Å². The molecule has 0 spiro atoms. The summed E-state index contributed by atoms with van der Waals surface area (Å²) in [5.74, 6) is 1.01. The van der Waals surface area contributed by atoms with Crippen molar-refractivity contribution >= 4 is 22.9 Å². The maximum absolute atomic E-state index is 12.5. The Morgan fingerprint density at radius 2 is 1.72 bits per heavy atom. The molecule has 1 aromatic heterocycles. The fraction of sp³-hybridized carbons (Fsp3) is 0.158. The molecule has 0 fully saturated rings. The largest absolute Gasteiger partial charge is 0.496 e. The Kier molecular flexibility index (Phi) is 5.00. The van der Waals surface area contributed by atoms with Gasteiger partial charge in [-0.2, -0.15) is 0 Å². The molecule has 128 valence electrons. The van der Waals surface area contributed by atoms with Crippen LogP contribution in [0.5, 0.6) is 11.5 Å². The number of ether oxygens (including phenoxy) is 2. The first-order valence-corrected chi connectivity index (χ1v) is 8.54. The number of rotatable bonds is 5. The van der Waals surface area contributed by atoms with Crippen LogP contribution < -0.4 is 14.8 Å². The van der Waals surface area contributed by atoms with E-state index in [1.54, 1.807) is 43.9 Å². The van der Waals surface area contributed by atoms with Crippen molar-refractivity contribution < 1.29 is 14.3 Å². The van der Waals surface area contributed by atoms with E-state index in [1.807, 2.05) is 36.6 Å². The topological polar surface area (TPSA) is 60.5 Å². The first-order valence-electron chi connectivity index (χ1n) is 7.66. The third kappa shape index (κ3) is 3.64. The minimum absolute atomic E-state index is 0.224. The summed E-state index contributed by atoms with van der Waals surface area (Å²) in [5.41, 5.74) is 3.06. The smallest absolute Gasteiger partial charge is 0.255 e. The zero-order valence-electron chi connectivity index (χ0n) is 14.2. The zero-order chi connectivity index (χ0) is 17.8. The second-order valence-corrected chi connectivity index (χ2v) is 6.27. The van der Waals surface area contributed by atoms with Gasteiger partial charge in [-0.3, -0.25) is 4.79 Å². The first kappa shape index (κ1) is 17.0. The molecule has 2 aromatic carbocycles. The second kappa shape index (κ2) is 7.36. The van der Waals surface area contributed by atoms with Crippen molar-refractivity contribution in [2.24, 2.45) is 0 Å². The lowest BCUT2D eigenvalue weighted by atomic mass is 10.1. The third-order valence-electron chi connectivity index (χ3n) is 3.84. The van der Waals surface area contributed by atoms with E-state index in [0.29, 0.717) is 22.7 Å². The van der Waals surface area contributed by atoms with Crippen molar-refractivity contribution in [3.63, 3.8) is 0 Å². The monoisotopic (exact) mass is 354 g/mol. The van der Waals surface area contributed by atoms with E-state index < -0.39 is 0 Å². The van der Waals surface area contributed by atoms with E-state index >= 15 is 0 Å². The van der Waals surface area contributed by atoms with Crippen LogP contribution in [0.1, 0.15) is 15.9 Å². The lowest BCUT2D eigenvalue weighted by Crippen LogP contribution is -2.12. The molecular formula is C19H18N2O3S. The number of benzene rings is 2. The zero-order valence-corrected chi connectivity index (χ0v) is 15.0. The van der Waals surface area contributed by atoms with Crippen molar-refractivity contribution in [1.82, 2.24) is 4.98 Å². The van der Waals surface area contributed by atoms with Crippen LogP contribution in [0.2, 0.25) is 0 Å². The maximum Gasteiger partial charge on any atom is 0.255 e. The Labute approximate surface area is 150 Å². The number of thiazole rings is 1. The fourth-order valence-electron chi connectivity index (χ4n) is 2.48. The molecule has 1 heterocycles. The summed E-state index contributed by atoms with van der Waals surface area (Å²) >= 11 is 1.58. The van der Waals surface area contributed by atoms with E-state index in [1.165, 1.54) is 0 Å². The van der Waals surface area contributed by atoms with Gasteiger partial charge in [0.25, 0.3) is 5.91 Å². The second-order valence-electron chi connectivity index (χ2n) is 5.37. The van der Waals surface area contributed by atoms with Crippen molar-refractivity contribution in [2.45, 2.75) is 6.92 Å². The molecule has 6 heteroatoms. The predicted molar refractivity (Wildman–Crippen MR) is 99.8 cm³/mol. The number of carbonyl (C=O) groups is 1. The van der Waals surface area contributed by atoms with Crippen LogP contribution in [0, 0.1) is 6.92 Å². The summed E-state index contributed by atoms with van der Waals surface area (Å²) in [5, 5.41) is 5.77. The number of nitrogens with one attached hydrogen (secondary N) is 1. The van der Waals surface area contributed by atoms with E-state index in [9.17, 15) is 4.79 Å². The van der Waals surface area contributed by atoms with Gasteiger partial charge in [-0.05, 0) is 43.3 Å². The normalized spacial score (nSPS) is 10.4. The molecule has 0 aliphatic heterocycles. The number of methoxy groups -OCH3 is 2. The Hall–Kier alpha value is -2.86. The van der Waals surface area contributed by atoms with Gasteiger partial charge in [0.05, 0.1) is 14.2 Å². The van der Waals surface area contributed by atoms with Gasteiger partial charge >= 0.3 is 0 Å². The molecule has 3 aromatic rings. The molecule has 1 amide bonds. The van der Waals surface area contributed by atoms with Crippen LogP contribution in [0.25, 0.3) is 10.6 Å². The first-order chi connectivity index (χ1) is 12.1. The molecule has 0 aliphatic rings. The Morgan fingerprint density at radius 3 is 2.24 bits per heavy atom. The highest BCUT2D eigenvalue weighted by Crippen LogP contribution is 2.30. The molecule has 0 saturated carbocycles. The van der Waals surface area contributed by atoms with Gasteiger partial charge in [-0.1, -0.05) is 0 Å². The summed E-state index contributed by atoms with van der Waals surface area (Å²) in [6, 6.07) is 11.0. The third-order valence-corrected chi connectivity index (χ3v) is 4.66. The van der Waals surface area contributed by atoms with Crippen LogP contribution in [0.4, 0.5) is 5.69 Å². The molecule has 5 nitrogen and oxygen atoms in total. The molecule has 1 N–H and O–H groups in total. The summed E-state index contributed by atoms with van der Waals surface area (Å²) < 4.78 is 10.6. The minimum atomic E-state index is -0.224. The highest BCUT2D eigenvalue weighted by Gasteiger charge is 2.14. The molecule has 0 bridgehead atoms. The summed E-state index contributed by atoms with van der Waals surface area (Å²) in [6.45, 7) is 1.89. The summed E-state index contributed by atoms with van der Waals surface area (Å²) in [6.07, 6.45) is 1.77. The molecule has 25 heavy (non-hydrogen) atoms. The number of aromatic nitrogens is 1. The Morgan fingerprint density at radius 1 is 1.08 bits per heavy atom. The van der Waals surface area contributed by atoms with Crippen molar-refractivity contribution in [3.05, 3.63) is 59.1 Å². The molecular weight excluding hydrogens is 336 g/mol. The molecule has 0 saturated heterocycles. The van der Waals surface area contributed by atoms with E-state index in [-0.39, 0.29) is 5.91 Å². The lowest BCUT2D eigenvalue weighted by molar-refractivity contribution is 0.102. The number of amides is 1. The Balaban J connectivity index is 1.80. The number of hydrogen-bond acceptors (Lipinski definition) is 5. The molecule has 0 unspecified atom stereocenters. The van der Waals surface area contributed by atoms with Gasteiger partial charge in [-0.15, -0.1) is 11.3 Å². The van der Waals surface area contributed by atoms with Gasteiger partial charge in [0.2, 0.25) is 0 Å².